The van der Waals surface area contributed by atoms with E-state index >= 15 is 0 Å². The summed E-state index contributed by atoms with van der Waals surface area (Å²) in [6, 6.07) is 22.7. The SMILES string of the molecule is CC.Cc1cc(N(c2ccc(C(C)(C)C)cc2)c2ccc(C(C)(C)C)cc2)cc(C)c1C. The van der Waals surface area contributed by atoms with Gasteiger partial charge in [-0.1, -0.05) is 79.7 Å². The lowest BCUT2D eigenvalue weighted by Gasteiger charge is -2.29. The molecule has 1 heteroatoms. The molecule has 0 saturated heterocycles. The lowest BCUT2D eigenvalue weighted by atomic mass is 9.86. The Morgan fingerprint density at radius 1 is 0.500 bits per heavy atom. The average molecular weight is 430 g/mol. The number of aryl methyl sites for hydroxylation is 2. The maximum Gasteiger partial charge on any atom is 0.0467 e. The van der Waals surface area contributed by atoms with Crippen LogP contribution in [0.4, 0.5) is 17.1 Å². The zero-order chi connectivity index (χ0) is 24.3. The Balaban J connectivity index is 0.00000176. The van der Waals surface area contributed by atoms with Gasteiger partial charge in [0.2, 0.25) is 0 Å². The van der Waals surface area contributed by atoms with Crippen molar-refractivity contribution in [3.8, 4) is 0 Å². The summed E-state index contributed by atoms with van der Waals surface area (Å²) in [5.74, 6) is 0. The second-order valence-corrected chi connectivity index (χ2v) is 10.6. The van der Waals surface area contributed by atoms with E-state index in [1.807, 2.05) is 13.8 Å². The molecule has 172 valence electrons. The van der Waals surface area contributed by atoms with Crippen LogP contribution in [0.2, 0.25) is 0 Å². The van der Waals surface area contributed by atoms with Crippen molar-refractivity contribution in [1.29, 1.82) is 0 Å². The Morgan fingerprint density at radius 3 is 1.09 bits per heavy atom. The van der Waals surface area contributed by atoms with Gasteiger partial charge in [0.15, 0.2) is 0 Å². The molecular formula is C31H43N. The third-order valence-corrected chi connectivity index (χ3v) is 6.15. The fraction of sp³-hybridized carbons (Fsp3) is 0.419. The highest BCUT2D eigenvalue weighted by Crippen LogP contribution is 2.38. The van der Waals surface area contributed by atoms with Crippen molar-refractivity contribution in [3.05, 3.63) is 88.5 Å². The lowest BCUT2D eigenvalue weighted by Crippen LogP contribution is -2.14. The standard InChI is InChI=1S/C29H37N.C2H6/c1-20-18-27(19-21(2)22(20)3)30(25-14-10-23(11-15-25)28(4,5)6)26-16-12-24(13-17-26)29(7,8)9;1-2/h10-19H,1-9H3;1-2H3. The van der Waals surface area contributed by atoms with Crippen LogP contribution in [-0.4, -0.2) is 0 Å². The molecular weight excluding hydrogens is 386 g/mol. The summed E-state index contributed by atoms with van der Waals surface area (Å²) in [5, 5.41) is 0. The number of anilines is 3. The van der Waals surface area contributed by atoms with E-state index in [1.165, 1.54) is 44.9 Å². The predicted octanol–water partition coefficient (Wildman–Crippen LogP) is 9.70. The van der Waals surface area contributed by atoms with Crippen LogP contribution in [0, 0.1) is 20.8 Å². The molecule has 0 bridgehead atoms. The molecule has 0 heterocycles. The molecule has 0 saturated carbocycles. The first-order chi connectivity index (χ1) is 14.9. The molecule has 3 aromatic rings. The van der Waals surface area contributed by atoms with Gasteiger partial charge in [-0.25, -0.2) is 0 Å². The molecule has 3 aromatic carbocycles. The van der Waals surface area contributed by atoms with Gasteiger partial charge < -0.3 is 4.90 Å². The minimum atomic E-state index is 0.148. The van der Waals surface area contributed by atoms with Gasteiger partial charge in [-0.3, -0.25) is 0 Å². The zero-order valence-electron chi connectivity index (χ0n) is 22.2. The summed E-state index contributed by atoms with van der Waals surface area (Å²) in [6.45, 7) is 24.2. The normalized spacial score (nSPS) is 11.6. The highest BCUT2D eigenvalue weighted by Gasteiger charge is 2.19. The van der Waals surface area contributed by atoms with Crippen LogP contribution >= 0.6 is 0 Å². The van der Waals surface area contributed by atoms with E-state index in [2.05, 4.69) is 128 Å². The Hall–Kier alpha value is -2.54. The third-order valence-electron chi connectivity index (χ3n) is 6.15. The molecule has 0 atom stereocenters. The van der Waals surface area contributed by atoms with Crippen molar-refractivity contribution in [2.24, 2.45) is 0 Å². The van der Waals surface area contributed by atoms with Crippen molar-refractivity contribution in [2.75, 3.05) is 4.90 Å². The molecule has 0 aliphatic rings. The van der Waals surface area contributed by atoms with Crippen LogP contribution in [0.3, 0.4) is 0 Å². The molecule has 0 amide bonds. The Morgan fingerprint density at radius 2 is 0.812 bits per heavy atom. The Kier molecular flexibility index (Phi) is 7.99. The number of rotatable bonds is 3. The number of hydrogen-bond donors (Lipinski definition) is 0. The largest absolute Gasteiger partial charge is 0.310 e. The molecule has 1 nitrogen and oxygen atoms in total. The summed E-state index contributed by atoms with van der Waals surface area (Å²) < 4.78 is 0. The van der Waals surface area contributed by atoms with Crippen molar-refractivity contribution < 1.29 is 0 Å². The fourth-order valence-corrected chi connectivity index (χ4v) is 3.81. The average Bonchev–Trinajstić information content (AvgIpc) is 2.73. The van der Waals surface area contributed by atoms with Gasteiger partial charge in [0, 0.05) is 17.1 Å². The monoisotopic (exact) mass is 429 g/mol. The van der Waals surface area contributed by atoms with Crippen LogP contribution in [0.1, 0.15) is 83.2 Å². The number of benzene rings is 3. The van der Waals surface area contributed by atoms with Crippen molar-refractivity contribution in [2.45, 2.75) is 87.0 Å². The van der Waals surface area contributed by atoms with E-state index in [9.17, 15) is 0 Å². The minimum absolute atomic E-state index is 0.148. The molecule has 0 spiro atoms. The summed E-state index contributed by atoms with van der Waals surface area (Å²) in [4.78, 5) is 2.37. The maximum absolute atomic E-state index is 2.37. The fourth-order valence-electron chi connectivity index (χ4n) is 3.81. The highest BCUT2D eigenvalue weighted by molar-refractivity contribution is 5.77. The quantitative estimate of drug-likeness (QED) is 0.400. The predicted molar refractivity (Wildman–Crippen MR) is 144 cm³/mol. The van der Waals surface area contributed by atoms with E-state index in [4.69, 9.17) is 0 Å². The molecule has 0 fully saturated rings. The number of nitrogens with zero attached hydrogens (tertiary/aromatic N) is 1. The van der Waals surface area contributed by atoms with E-state index in [0.717, 1.165) is 0 Å². The van der Waals surface area contributed by atoms with Gasteiger partial charge in [0.25, 0.3) is 0 Å². The smallest absolute Gasteiger partial charge is 0.0467 e. The zero-order valence-corrected chi connectivity index (χ0v) is 22.2. The maximum atomic E-state index is 2.37. The van der Waals surface area contributed by atoms with Crippen LogP contribution in [0.25, 0.3) is 0 Å². The van der Waals surface area contributed by atoms with E-state index < -0.39 is 0 Å². The first kappa shape index (κ1) is 25.7. The first-order valence-corrected chi connectivity index (χ1v) is 12.0. The third kappa shape index (κ3) is 5.82. The van der Waals surface area contributed by atoms with E-state index in [1.54, 1.807) is 0 Å². The van der Waals surface area contributed by atoms with Gasteiger partial charge in [-0.2, -0.15) is 0 Å². The van der Waals surface area contributed by atoms with Crippen molar-refractivity contribution in [1.82, 2.24) is 0 Å². The molecule has 0 aliphatic heterocycles. The molecule has 0 aromatic heterocycles. The molecule has 32 heavy (non-hydrogen) atoms. The van der Waals surface area contributed by atoms with Gasteiger partial charge in [-0.15, -0.1) is 0 Å². The highest BCUT2D eigenvalue weighted by atomic mass is 15.1. The van der Waals surface area contributed by atoms with Crippen LogP contribution in [-0.2, 0) is 10.8 Å². The van der Waals surface area contributed by atoms with Crippen LogP contribution < -0.4 is 4.90 Å². The molecule has 0 radical (unpaired) electrons. The lowest BCUT2D eigenvalue weighted by molar-refractivity contribution is 0.590. The molecule has 3 rings (SSSR count). The Bertz CT molecular complexity index is 930. The van der Waals surface area contributed by atoms with Gasteiger partial charge in [-0.05, 0) is 95.8 Å². The second-order valence-electron chi connectivity index (χ2n) is 10.6. The summed E-state index contributed by atoms with van der Waals surface area (Å²) in [6.07, 6.45) is 0. The van der Waals surface area contributed by atoms with Crippen LogP contribution in [0.15, 0.2) is 60.7 Å². The second kappa shape index (κ2) is 9.94. The van der Waals surface area contributed by atoms with Gasteiger partial charge in [0.05, 0.1) is 0 Å². The van der Waals surface area contributed by atoms with Crippen molar-refractivity contribution >= 4 is 17.1 Å². The molecule has 0 unspecified atom stereocenters. The topological polar surface area (TPSA) is 3.24 Å². The van der Waals surface area contributed by atoms with E-state index in [-0.39, 0.29) is 10.8 Å². The number of hydrogen-bond acceptors (Lipinski definition) is 1. The van der Waals surface area contributed by atoms with Crippen molar-refractivity contribution in [3.63, 3.8) is 0 Å². The summed E-state index contributed by atoms with van der Waals surface area (Å²) >= 11 is 0. The summed E-state index contributed by atoms with van der Waals surface area (Å²) in [5.41, 5.74) is 10.6. The first-order valence-electron chi connectivity index (χ1n) is 12.0. The molecule has 0 aliphatic carbocycles. The van der Waals surface area contributed by atoms with Gasteiger partial charge in [0.1, 0.15) is 0 Å². The van der Waals surface area contributed by atoms with Crippen LogP contribution in [0.5, 0.6) is 0 Å². The Labute approximate surface area is 197 Å². The minimum Gasteiger partial charge on any atom is -0.310 e. The summed E-state index contributed by atoms with van der Waals surface area (Å²) in [7, 11) is 0. The van der Waals surface area contributed by atoms with Gasteiger partial charge >= 0.3 is 0 Å². The molecule has 0 N–H and O–H groups in total. The van der Waals surface area contributed by atoms with E-state index in [0.29, 0.717) is 0 Å².